The molecule has 2 heterocycles. The molecule has 1 fully saturated rings. The fourth-order valence-electron chi connectivity index (χ4n) is 3.96. The minimum absolute atomic E-state index is 0.0176. The van der Waals surface area contributed by atoms with E-state index in [0.717, 1.165) is 42.6 Å². The summed E-state index contributed by atoms with van der Waals surface area (Å²) in [5.41, 5.74) is 3.08. The lowest BCUT2D eigenvalue weighted by atomic mass is 9.85. The predicted molar refractivity (Wildman–Crippen MR) is 101 cm³/mol. The van der Waals surface area contributed by atoms with Gasteiger partial charge >= 0.3 is 11.8 Å². The first-order valence-corrected chi connectivity index (χ1v) is 9.67. The monoisotopic (exact) mass is 388 g/mol. The second-order valence-corrected chi connectivity index (χ2v) is 7.59. The van der Waals surface area contributed by atoms with Crippen LogP contribution in [0.2, 0.25) is 0 Å². The number of nitrogens with zero attached hydrogens (tertiary/aromatic N) is 4. The van der Waals surface area contributed by atoms with Crippen molar-refractivity contribution in [2.45, 2.75) is 65.5 Å². The molecular formula is C19H28N6O3. The van der Waals surface area contributed by atoms with Gasteiger partial charge in [-0.15, -0.1) is 10.2 Å². The highest BCUT2D eigenvalue weighted by molar-refractivity contribution is 5.89. The Bertz CT molecular complexity index is 863. The zero-order valence-corrected chi connectivity index (χ0v) is 17.1. The van der Waals surface area contributed by atoms with Crippen LogP contribution in [-0.2, 0) is 11.8 Å². The smallest absolute Gasteiger partial charge is 0.309 e. The Hall–Kier alpha value is -2.71. The van der Waals surface area contributed by atoms with Crippen molar-refractivity contribution in [3.05, 3.63) is 28.7 Å². The van der Waals surface area contributed by atoms with E-state index in [0.29, 0.717) is 5.89 Å². The molecule has 0 bridgehead atoms. The molecule has 1 saturated carbocycles. The van der Waals surface area contributed by atoms with Crippen molar-refractivity contribution >= 4 is 11.8 Å². The summed E-state index contributed by atoms with van der Waals surface area (Å²) < 4.78 is 6.99. The van der Waals surface area contributed by atoms with E-state index in [4.69, 9.17) is 4.42 Å². The average molecular weight is 388 g/mol. The zero-order valence-electron chi connectivity index (χ0n) is 17.1. The maximum atomic E-state index is 12.7. The molecule has 0 aliphatic heterocycles. The van der Waals surface area contributed by atoms with Crippen LogP contribution in [0, 0.1) is 26.7 Å². The van der Waals surface area contributed by atoms with Crippen molar-refractivity contribution in [1.82, 2.24) is 30.6 Å². The average Bonchev–Trinajstić information content (AvgIpc) is 3.18. The minimum Gasteiger partial charge on any atom is -0.417 e. The fraction of sp³-hybridized carbons (Fsp3) is 0.632. The molecule has 0 saturated heterocycles. The van der Waals surface area contributed by atoms with Crippen LogP contribution < -0.4 is 10.6 Å². The Morgan fingerprint density at radius 3 is 2.36 bits per heavy atom. The van der Waals surface area contributed by atoms with Crippen LogP contribution in [0.1, 0.15) is 72.2 Å². The quantitative estimate of drug-likeness (QED) is 0.808. The molecule has 0 aromatic carbocycles. The van der Waals surface area contributed by atoms with Gasteiger partial charge < -0.3 is 15.1 Å². The molecule has 1 aliphatic rings. The van der Waals surface area contributed by atoms with E-state index < -0.39 is 0 Å². The molecule has 1 unspecified atom stereocenters. The van der Waals surface area contributed by atoms with Crippen molar-refractivity contribution in [3.63, 3.8) is 0 Å². The van der Waals surface area contributed by atoms with Gasteiger partial charge in [0.25, 0.3) is 0 Å². The van der Waals surface area contributed by atoms with E-state index in [-0.39, 0.29) is 35.7 Å². The lowest BCUT2D eigenvalue weighted by Crippen LogP contribution is -2.41. The third-order valence-corrected chi connectivity index (χ3v) is 5.51. The first-order valence-electron chi connectivity index (χ1n) is 9.67. The number of hydrogen-bond acceptors (Lipinski definition) is 6. The van der Waals surface area contributed by atoms with Crippen molar-refractivity contribution < 1.29 is 14.0 Å². The van der Waals surface area contributed by atoms with Gasteiger partial charge in [-0.1, -0.05) is 0 Å². The number of rotatable bonds is 5. The standard InChI is InChI=1S/C19H28N6O3/c1-10(16-11(2)24-25(5)12(16)3)20-17(26)14-6-8-15(9-7-14)21-18(27)19-23-22-13(4)28-19/h10,14-15H,6-9H2,1-5H3,(H,20,26)(H,21,27). The van der Waals surface area contributed by atoms with Crippen LogP contribution in [0.15, 0.2) is 4.42 Å². The normalized spacial score (nSPS) is 20.6. The Balaban J connectivity index is 1.50. The van der Waals surface area contributed by atoms with Gasteiger partial charge in [0.2, 0.25) is 11.8 Å². The summed E-state index contributed by atoms with van der Waals surface area (Å²) in [5.74, 6) is 0.00258. The Labute approximate surface area is 164 Å². The lowest BCUT2D eigenvalue weighted by molar-refractivity contribution is -0.126. The molecule has 9 heteroatoms. The van der Waals surface area contributed by atoms with E-state index in [1.807, 2.05) is 32.5 Å². The lowest BCUT2D eigenvalue weighted by Gasteiger charge is -2.29. The van der Waals surface area contributed by atoms with Crippen LogP contribution in [0.4, 0.5) is 0 Å². The molecule has 28 heavy (non-hydrogen) atoms. The number of carbonyl (C=O) groups excluding carboxylic acids is 2. The van der Waals surface area contributed by atoms with E-state index in [9.17, 15) is 9.59 Å². The molecule has 2 aromatic rings. The Morgan fingerprint density at radius 2 is 1.82 bits per heavy atom. The maximum Gasteiger partial charge on any atom is 0.309 e. The van der Waals surface area contributed by atoms with Crippen molar-refractivity contribution in [2.75, 3.05) is 0 Å². The van der Waals surface area contributed by atoms with Gasteiger partial charge in [0.1, 0.15) is 0 Å². The summed E-state index contributed by atoms with van der Waals surface area (Å²) in [5, 5.41) is 17.9. The van der Waals surface area contributed by atoms with E-state index in [1.165, 1.54) is 0 Å². The topological polar surface area (TPSA) is 115 Å². The van der Waals surface area contributed by atoms with Gasteiger partial charge in [-0.3, -0.25) is 14.3 Å². The van der Waals surface area contributed by atoms with Crippen LogP contribution in [0.3, 0.4) is 0 Å². The predicted octanol–water partition coefficient (Wildman–Crippen LogP) is 1.89. The highest BCUT2D eigenvalue weighted by Gasteiger charge is 2.29. The molecule has 2 amide bonds. The van der Waals surface area contributed by atoms with Crippen molar-refractivity contribution in [2.24, 2.45) is 13.0 Å². The highest BCUT2D eigenvalue weighted by Crippen LogP contribution is 2.27. The molecular weight excluding hydrogens is 360 g/mol. The van der Waals surface area contributed by atoms with E-state index in [2.05, 4.69) is 25.9 Å². The summed E-state index contributed by atoms with van der Waals surface area (Å²) in [6.45, 7) is 7.61. The zero-order chi connectivity index (χ0) is 20.4. The number of aryl methyl sites for hydroxylation is 3. The Kier molecular flexibility index (Phi) is 5.81. The molecule has 3 rings (SSSR count). The third-order valence-electron chi connectivity index (χ3n) is 5.51. The van der Waals surface area contributed by atoms with Crippen LogP contribution in [0.25, 0.3) is 0 Å². The molecule has 152 valence electrons. The summed E-state index contributed by atoms with van der Waals surface area (Å²) in [6, 6.07) is -0.0663. The highest BCUT2D eigenvalue weighted by atomic mass is 16.4. The third kappa shape index (κ3) is 4.23. The molecule has 1 atom stereocenters. The summed E-state index contributed by atoms with van der Waals surface area (Å²) in [6.07, 6.45) is 2.96. The number of carbonyl (C=O) groups is 2. The molecule has 0 spiro atoms. The van der Waals surface area contributed by atoms with Crippen molar-refractivity contribution in [3.8, 4) is 0 Å². The van der Waals surface area contributed by atoms with Gasteiger partial charge in [-0.25, -0.2) is 0 Å². The molecule has 0 radical (unpaired) electrons. The molecule has 9 nitrogen and oxygen atoms in total. The Morgan fingerprint density at radius 1 is 1.14 bits per heavy atom. The maximum absolute atomic E-state index is 12.7. The summed E-state index contributed by atoms with van der Waals surface area (Å²) in [4.78, 5) is 24.8. The largest absolute Gasteiger partial charge is 0.417 e. The second-order valence-electron chi connectivity index (χ2n) is 7.59. The van der Waals surface area contributed by atoms with Gasteiger partial charge in [0, 0.05) is 37.2 Å². The first-order chi connectivity index (χ1) is 13.3. The molecule has 1 aliphatic carbocycles. The van der Waals surface area contributed by atoms with Crippen LogP contribution >= 0.6 is 0 Å². The fourth-order valence-corrected chi connectivity index (χ4v) is 3.96. The number of amides is 2. The van der Waals surface area contributed by atoms with E-state index >= 15 is 0 Å². The van der Waals surface area contributed by atoms with Gasteiger partial charge in [-0.05, 0) is 46.5 Å². The SMILES string of the molecule is Cc1nnc(C(=O)NC2CCC(C(=O)NC(C)c3c(C)nn(C)c3C)CC2)o1. The molecule has 2 aromatic heterocycles. The van der Waals surface area contributed by atoms with Gasteiger partial charge in [-0.2, -0.15) is 5.10 Å². The van der Waals surface area contributed by atoms with Gasteiger partial charge in [0.05, 0.1) is 11.7 Å². The van der Waals surface area contributed by atoms with Crippen LogP contribution in [0.5, 0.6) is 0 Å². The summed E-state index contributed by atoms with van der Waals surface area (Å²) in [7, 11) is 1.91. The summed E-state index contributed by atoms with van der Waals surface area (Å²) >= 11 is 0. The second kappa shape index (κ2) is 8.12. The van der Waals surface area contributed by atoms with Gasteiger partial charge in [0.15, 0.2) is 0 Å². The van der Waals surface area contributed by atoms with Crippen LogP contribution in [-0.4, -0.2) is 37.8 Å². The minimum atomic E-state index is -0.357. The van der Waals surface area contributed by atoms with E-state index in [1.54, 1.807) is 6.92 Å². The number of hydrogen-bond donors (Lipinski definition) is 2. The number of aromatic nitrogens is 4. The van der Waals surface area contributed by atoms with Crippen molar-refractivity contribution in [1.29, 1.82) is 0 Å². The first kappa shape index (κ1) is 20.0. The number of nitrogens with one attached hydrogen (secondary N) is 2. The molecule has 2 N–H and O–H groups in total.